The van der Waals surface area contributed by atoms with Crippen LogP contribution in [-0.2, 0) is 9.59 Å². The number of nitrogens with one attached hydrogen (secondary N) is 1. The zero-order valence-corrected chi connectivity index (χ0v) is 11.6. The van der Waals surface area contributed by atoms with Crippen LogP contribution in [0.2, 0.25) is 5.02 Å². The van der Waals surface area contributed by atoms with Gasteiger partial charge in [0.15, 0.2) is 0 Å². The van der Waals surface area contributed by atoms with Gasteiger partial charge >= 0.3 is 5.97 Å². The Labute approximate surface area is 117 Å². The Hall–Kier alpha value is -1.81. The molecule has 102 valence electrons. The maximum atomic E-state index is 11.7. The molecule has 0 aromatic heterocycles. The molecule has 0 fully saturated rings. The van der Waals surface area contributed by atoms with Gasteiger partial charge in [0.2, 0.25) is 5.91 Å². The standard InChI is InChI=1S/C14H16ClNO3/c1-3-14(2,13(18)19)16-12(17)9-8-10-6-4-5-7-11(10)15/h4-9H,3H2,1-2H3,(H,16,17)(H,18,19). The van der Waals surface area contributed by atoms with Crippen LogP contribution in [0.15, 0.2) is 30.3 Å². The van der Waals surface area contributed by atoms with Gasteiger partial charge in [-0.2, -0.15) is 0 Å². The largest absolute Gasteiger partial charge is 0.480 e. The van der Waals surface area contributed by atoms with Gasteiger partial charge in [-0.3, -0.25) is 4.79 Å². The minimum absolute atomic E-state index is 0.300. The number of hydrogen-bond donors (Lipinski definition) is 2. The van der Waals surface area contributed by atoms with E-state index < -0.39 is 17.4 Å². The SMILES string of the molecule is CCC(C)(NC(=O)C=Cc1ccccc1Cl)C(=O)O. The summed E-state index contributed by atoms with van der Waals surface area (Å²) in [7, 11) is 0. The first-order valence-electron chi connectivity index (χ1n) is 5.87. The molecule has 1 aromatic rings. The van der Waals surface area contributed by atoms with Crippen LogP contribution in [0.5, 0.6) is 0 Å². The molecule has 0 radical (unpaired) electrons. The van der Waals surface area contributed by atoms with Crippen molar-refractivity contribution in [2.24, 2.45) is 0 Å². The Morgan fingerprint density at radius 1 is 1.42 bits per heavy atom. The minimum atomic E-state index is -1.26. The van der Waals surface area contributed by atoms with E-state index in [1.165, 1.54) is 13.0 Å². The van der Waals surface area contributed by atoms with E-state index in [4.69, 9.17) is 16.7 Å². The van der Waals surface area contributed by atoms with Gasteiger partial charge in [0, 0.05) is 11.1 Å². The molecule has 0 aliphatic carbocycles. The summed E-state index contributed by atoms with van der Waals surface area (Å²) < 4.78 is 0. The minimum Gasteiger partial charge on any atom is -0.480 e. The van der Waals surface area contributed by atoms with E-state index in [2.05, 4.69) is 5.32 Å². The number of halogens is 1. The van der Waals surface area contributed by atoms with E-state index in [-0.39, 0.29) is 0 Å². The highest BCUT2D eigenvalue weighted by Gasteiger charge is 2.31. The molecule has 1 aromatic carbocycles. The fourth-order valence-electron chi connectivity index (χ4n) is 1.38. The fourth-order valence-corrected chi connectivity index (χ4v) is 1.58. The molecule has 4 nitrogen and oxygen atoms in total. The second-order valence-electron chi connectivity index (χ2n) is 4.33. The smallest absolute Gasteiger partial charge is 0.329 e. The van der Waals surface area contributed by atoms with Gasteiger partial charge in [-0.05, 0) is 31.1 Å². The van der Waals surface area contributed by atoms with Crippen molar-refractivity contribution in [2.45, 2.75) is 25.8 Å². The molecule has 5 heteroatoms. The number of hydrogen-bond acceptors (Lipinski definition) is 2. The molecule has 0 bridgehead atoms. The van der Waals surface area contributed by atoms with Gasteiger partial charge < -0.3 is 10.4 Å². The summed E-state index contributed by atoms with van der Waals surface area (Å²) in [6.07, 6.45) is 3.13. The summed E-state index contributed by atoms with van der Waals surface area (Å²) in [5, 5.41) is 12.0. The number of benzene rings is 1. The lowest BCUT2D eigenvalue weighted by Crippen LogP contribution is -2.51. The van der Waals surface area contributed by atoms with Gasteiger partial charge in [-0.15, -0.1) is 0 Å². The van der Waals surface area contributed by atoms with Crippen LogP contribution in [-0.4, -0.2) is 22.5 Å². The van der Waals surface area contributed by atoms with Crippen LogP contribution in [0.3, 0.4) is 0 Å². The van der Waals surface area contributed by atoms with Crippen molar-refractivity contribution in [3.05, 3.63) is 40.9 Å². The first-order chi connectivity index (χ1) is 8.89. The Balaban J connectivity index is 2.76. The number of amides is 1. The molecule has 0 heterocycles. The van der Waals surface area contributed by atoms with Crippen LogP contribution in [0, 0.1) is 0 Å². The second kappa shape index (κ2) is 6.38. The van der Waals surface area contributed by atoms with Crippen molar-refractivity contribution in [3.8, 4) is 0 Å². The van der Waals surface area contributed by atoms with Gasteiger partial charge in [-0.1, -0.05) is 36.7 Å². The highest BCUT2D eigenvalue weighted by molar-refractivity contribution is 6.32. The zero-order chi connectivity index (χ0) is 14.5. The van der Waals surface area contributed by atoms with Crippen LogP contribution >= 0.6 is 11.6 Å². The van der Waals surface area contributed by atoms with Crippen molar-refractivity contribution >= 4 is 29.6 Å². The molecule has 1 rings (SSSR count). The van der Waals surface area contributed by atoms with E-state index >= 15 is 0 Å². The van der Waals surface area contributed by atoms with E-state index in [1.807, 2.05) is 0 Å². The van der Waals surface area contributed by atoms with E-state index in [9.17, 15) is 9.59 Å². The summed E-state index contributed by atoms with van der Waals surface area (Å²) in [6.45, 7) is 3.17. The fraction of sp³-hybridized carbons (Fsp3) is 0.286. The summed E-state index contributed by atoms with van der Waals surface area (Å²) in [5.41, 5.74) is -0.560. The second-order valence-corrected chi connectivity index (χ2v) is 4.74. The number of carbonyl (C=O) groups excluding carboxylic acids is 1. The first kappa shape index (κ1) is 15.2. The third kappa shape index (κ3) is 4.10. The third-order valence-corrected chi connectivity index (χ3v) is 3.24. The number of carboxylic acids is 1. The number of carbonyl (C=O) groups is 2. The number of aliphatic carboxylic acids is 1. The molecule has 0 saturated carbocycles. The predicted octanol–water partition coefficient (Wildman–Crippen LogP) is 2.72. The zero-order valence-electron chi connectivity index (χ0n) is 10.8. The lowest BCUT2D eigenvalue weighted by molar-refractivity contribution is -0.146. The third-order valence-electron chi connectivity index (χ3n) is 2.90. The van der Waals surface area contributed by atoms with Crippen molar-refractivity contribution in [3.63, 3.8) is 0 Å². The van der Waals surface area contributed by atoms with E-state index in [0.717, 1.165) is 0 Å². The summed E-state index contributed by atoms with van der Waals surface area (Å²) in [6, 6.07) is 7.07. The van der Waals surface area contributed by atoms with Crippen molar-refractivity contribution in [1.29, 1.82) is 0 Å². The van der Waals surface area contributed by atoms with Crippen molar-refractivity contribution < 1.29 is 14.7 Å². The lowest BCUT2D eigenvalue weighted by Gasteiger charge is -2.23. The highest BCUT2D eigenvalue weighted by Crippen LogP contribution is 2.16. The Morgan fingerprint density at radius 2 is 2.05 bits per heavy atom. The topological polar surface area (TPSA) is 66.4 Å². The van der Waals surface area contributed by atoms with Crippen molar-refractivity contribution in [1.82, 2.24) is 5.32 Å². The Kier molecular flexibility index (Phi) is 5.12. The molecule has 1 atom stereocenters. The maximum absolute atomic E-state index is 11.7. The maximum Gasteiger partial charge on any atom is 0.329 e. The monoisotopic (exact) mass is 281 g/mol. The van der Waals surface area contributed by atoms with Crippen LogP contribution in [0.1, 0.15) is 25.8 Å². The molecular formula is C14H16ClNO3. The molecule has 1 unspecified atom stereocenters. The normalized spacial score (nSPS) is 14.1. The molecule has 0 spiro atoms. The number of carboxylic acid groups (broad SMARTS) is 1. The molecule has 0 saturated heterocycles. The summed E-state index contributed by atoms with van der Waals surface area (Å²) in [4.78, 5) is 22.8. The Morgan fingerprint density at radius 3 is 2.58 bits per heavy atom. The van der Waals surface area contributed by atoms with Crippen LogP contribution in [0.4, 0.5) is 0 Å². The van der Waals surface area contributed by atoms with Gasteiger partial charge in [-0.25, -0.2) is 4.79 Å². The number of rotatable bonds is 5. The summed E-state index contributed by atoms with van der Waals surface area (Å²) >= 11 is 5.94. The molecular weight excluding hydrogens is 266 g/mol. The van der Waals surface area contributed by atoms with Crippen LogP contribution < -0.4 is 5.32 Å². The molecule has 2 N–H and O–H groups in total. The average Bonchev–Trinajstić information content (AvgIpc) is 2.37. The van der Waals surface area contributed by atoms with E-state index in [0.29, 0.717) is 17.0 Å². The quantitative estimate of drug-likeness (QED) is 0.816. The molecule has 0 aliphatic heterocycles. The van der Waals surface area contributed by atoms with E-state index in [1.54, 1.807) is 37.3 Å². The molecule has 0 aliphatic rings. The molecule has 19 heavy (non-hydrogen) atoms. The lowest BCUT2D eigenvalue weighted by atomic mass is 9.99. The first-order valence-corrected chi connectivity index (χ1v) is 6.25. The van der Waals surface area contributed by atoms with Gasteiger partial charge in [0.05, 0.1) is 0 Å². The van der Waals surface area contributed by atoms with Gasteiger partial charge in [0.1, 0.15) is 5.54 Å². The van der Waals surface area contributed by atoms with Crippen molar-refractivity contribution in [2.75, 3.05) is 0 Å². The Bertz CT molecular complexity index is 513. The highest BCUT2D eigenvalue weighted by atomic mass is 35.5. The van der Waals surface area contributed by atoms with Gasteiger partial charge in [0.25, 0.3) is 0 Å². The molecule has 1 amide bonds. The average molecular weight is 282 g/mol. The summed E-state index contributed by atoms with van der Waals surface area (Å²) in [5.74, 6) is -1.53. The van der Waals surface area contributed by atoms with Crippen LogP contribution in [0.25, 0.3) is 6.08 Å². The predicted molar refractivity (Wildman–Crippen MR) is 75.0 cm³/mol.